The number of nitrogens with zero attached hydrogens (tertiary/aromatic N) is 2. The summed E-state index contributed by atoms with van der Waals surface area (Å²) < 4.78 is 39.6. The van der Waals surface area contributed by atoms with E-state index in [9.17, 15) is 18.0 Å². The Morgan fingerprint density at radius 2 is 2.00 bits per heavy atom. The summed E-state index contributed by atoms with van der Waals surface area (Å²) in [6.45, 7) is 3.73. The second-order valence-electron chi connectivity index (χ2n) is 8.56. The van der Waals surface area contributed by atoms with Crippen molar-refractivity contribution < 1.29 is 13.2 Å². The van der Waals surface area contributed by atoms with E-state index in [1.54, 1.807) is 13.0 Å². The molecule has 1 saturated heterocycles. The summed E-state index contributed by atoms with van der Waals surface area (Å²) in [5.74, 6) is 0.764. The molecule has 1 fully saturated rings. The van der Waals surface area contributed by atoms with Crippen molar-refractivity contribution in [1.82, 2.24) is 15.1 Å². The molecule has 0 aliphatic carbocycles. The molecule has 0 spiro atoms. The van der Waals surface area contributed by atoms with Crippen LogP contribution >= 0.6 is 0 Å². The van der Waals surface area contributed by atoms with E-state index in [-0.39, 0.29) is 11.2 Å². The standard InChI is InChI=1S/C23H26F3N5O/c1-13(16-8-17(23(24,25)26)11-18(27)9-16)28-21-20-10-14(15-4-3-7-31(2)12-15)5-6-19(20)22(32)30-29-21/h5-6,8-11,13,15H,3-4,7,12,27H2,1-2H3,(H,28,29)(H,30,32). The number of nitrogen functional groups attached to an aromatic ring is 1. The molecule has 2 aromatic carbocycles. The predicted octanol–water partition coefficient (Wildman–Crippen LogP) is 4.51. The average molecular weight is 445 g/mol. The maximum Gasteiger partial charge on any atom is 0.416 e. The number of likely N-dealkylation sites (N-methyl/N-ethyl adjacent to an activating group) is 1. The van der Waals surface area contributed by atoms with E-state index in [1.807, 2.05) is 12.1 Å². The molecule has 6 nitrogen and oxygen atoms in total. The number of halogens is 3. The molecule has 1 aliphatic heterocycles. The van der Waals surface area contributed by atoms with Crippen LogP contribution in [0.5, 0.6) is 0 Å². The van der Waals surface area contributed by atoms with Gasteiger partial charge in [-0.2, -0.15) is 18.3 Å². The van der Waals surface area contributed by atoms with Gasteiger partial charge in [-0.3, -0.25) is 4.79 Å². The molecular weight excluding hydrogens is 419 g/mol. The van der Waals surface area contributed by atoms with Gasteiger partial charge >= 0.3 is 6.18 Å². The maximum absolute atomic E-state index is 13.2. The minimum absolute atomic E-state index is 0.0338. The first-order chi connectivity index (χ1) is 15.1. The highest BCUT2D eigenvalue weighted by Crippen LogP contribution is 2.34. The Bertz CT molecular complexity index is 1190. The number of aromatic amines is 1. The summed E-state index contributed by atoms with van der Waals surface area (Å²) in [5.41, 5.74) is 6.14. The van der Waals surface area contributed by atoms with Crippen molar-refractivity contribution in [2.45, 2.75) is 37.9 Å². The fourth-order valence-corrected chi connectivity index (χ4v) is 4.36. The number of benzene rings is 2. The first-order valence-corrected chi connectivity index (χ1v) is 10.6. The summed E-state index contributed by atoms with van der Waals surface area (Å²) in [5, 5.41) is 10.9. The van der Waals surface area contributed by atoms with Gasteiger partial charge in [0.25, 0.3) is 5.56 Å². The number of hydrogen-bond donors (Lipinski definition) is 3. The third-order valence-corrected chi connectivity index (χ3v) is 6.07. The maximum atomic E-state index is 13.2. The number of piperidine rings is 1. The molecular formula is C23H26F3N5O. The smallest absolute Gasteiger partial charge is 0.399 e. The second-order valence-corrected chi connectivity index (χ2v) is 8.56. The number of alkyl halides is 3. The minimum Gasteiger partial charge on any atom is -0.399 e. The number of anilines is 2. The van der Waals surface area contributed by atoms with E-state index in [0.717, 1.165) is 43.6 Å². The third-order valence-electron chi connectivity index (χ3n) is 6.07. The number of nitrogens with one attached hydrogen (secondary N) is 2. The van der Waals surface area contributed by atoms with Crippen molar-refractivity contribution in [1.29, 1.82) is 0 Å². The van der Waals surface area contributed by atoms with Gasteiger partial charge < -0.3 is 16.0 Å². The van der Waals surface area contributed by atoms with Crippen LogP contribution in [0.1, 0.15) is 48.4 Å². The summed E-state index contributed by atoms with van der Waals surface area (Å²) in [6, 6.07) is 8.70. The number of fused-ring (bicyclic) bond motifs is 1. The van der Waals surface area contributed by atoms with Crippen LogP contribution in [0, 0.1) is 0 Å². The van der Waals surface area contributed by atoms with E-state index < -0.39 is 17.8 Å². The van der Waals surface area contributed by atoms with E-state index in [4.69, 9.17) is 5.73 Å². The van der Waals surface area contributed by atoms with E-state index in [0.29, 0.717) is 28.1 Å². The van der Waals surface area contributed by atoms with Crippen LogP contribution in [-0.4, -0.2) is 35.2 Å². The van der Waals surface area contributed by atoms with Crippen LogP contribution < -0.4 is 16.6 Å². The lowest BCUT2D eigenvalue weighted by molar-refractivity contribution is -0.137. The van der Waals surface area contributed by atoms with Gasteiger partial charge in [0.1, 0.15) is 0 Å². The van der Waals surface area contributed by atoms with Crippen LogP contribution in [-0.2, 0) is 6.18 Å². The molecule has 170 valence electrons. The molecule has 4 N–H and O–H groups in total. The first kappa shape index (κ1) is 22.1. The van der Waals surface area contributed by atoms with Gasteiger partial charge in [0, 0.05) is 17.6 Å². The van der Waals surface area contributed by atoms with Crippen molar-refractivity contribution in [2.75, 3.05) is 31.2 Å². The Hall–Kier alpha value is -3.07. The van der Waals surface area contributed by atoms with Crippen LogP contribution in [0.4, 0.5) is 24.7 Å². The van der Waals surface area contributed by atoms with Crippen molar-refractivity contribution in [3.8, 4) is 0 Å². The van der Waals surface area contributed by atoms with Crippen LogP contribution in [0.15, 0.2) is 41.2 Å². The molecule has 0 amide bonds. The molecule has 0 radical (unpaired) electrons. The third kappa shape index (κ3) is 4.57. The molecule has 1 aliphatic rings. The fraction of sp³-hybridized carbons (Fsp3) is 0.391. The quantitative estimate of drug-likeness (QED) is 0.515. The average Bonchev–Trinajstić information content (AvgIpc) is 2.74. The number of H-pyrrole nitrogens is 1. The zero-order valence-corrected chi connectivity index (χ0v) is 18.0. The van der Waals surface area contributed by atoms with Crippen molar-refractivity contribution in [2.24, 2.45) is 0 Å². The number of aromatic nitrogens is 2. The molecule has 2 heterocycles. The first-order valence-electron chi connectivity index (χ1n) is 10.6. The normalized spacial score (nSPS) is 18.6. The summed E-state index contributed by atoms with van der Waals surface area (Å²) in [4.78, 5) is 14.6. The molecule has 0 saturated carbocycles. The van der Waals surface area contributed by atoms with Crippen LogP contribution in [0.25, 0.3) is 10.8 Å². The summed E-state index contributed by atoms with van der Waals surface area (Å²) >= 11 is 0. The summed E-state index contributed by atoms with van der Waals surface area (Å²) in [6.07, 6.45) is -2.32. The van der Waals surface area contributed by atoms with Crippen molar-refractivity contribution in [3.05, 3.63) is 63.4 Å². The monoisotopic (exact) mass is 445 g/mol. The van der Waals surface area contributed by atoms with E-state index in [1.165, 1.54) is 6.07 Å². The Balaban J connectivity index is 1.70. The number of likely N-dealkylation sites (tertiary alicyclic amines) is 1. The Morgan fingerprint density at radius 1 is 1.22 bits per heavy atom. The highest BCUT2D eigenvalue weighted by atomic mass is 19.4. The zero-order chi connectivity index (χ0) is 23.0. The van der Waals surface area contributed by atoms with Gasteiger partial charge in [-0.1, -0.05) is 6.07 Å². The van der Waals surface area contributed by atoms with Gasteiger partial charge in [-0.05, 0) is 80.7 Å². The molecule has 4 rings (SSSR count). The molecule has 0 bridgehead atoms. The van der Waals surface area contributed by atoms with Gasteiger partial charge in [0.2, 0.25) is 0 Å². The Kier molecular flexibility index (Phi) is 5.85. The predicted molar refractivity (Wildman–Crippen MR) is 120 cm³/mol. The van der Waals surface area contributed by atoms with Crippen LogP contribution in [0.2, 0.25) is 0 Å². The van der Waals surface area contributed by atoms with E-state index >= 15 is 0 Å². The van der Waals surface area contributed by atoms with E-state index in [2.05, 4.69) is 27.5 Å². The molecule has 2 atom stereocenters. The second kappa shape index (κ2) is 8.46. The lowest BCUT2D eigenvalue weighted by Crippen LogP contribution is -2.30. The van der Waals surface area contributed by atoms with Gasteiger partial charge in [0.15, 0.2) is 5.82 Å². The zero-order valence-electron chi connectivity index (χ0n) is 18.0. The summed E-state index contributed by atoms with van der Waals surface area (Å²) in [7, 11) is 2.09. The van der Waals surface area contributed by atoms with Crippen molar-refractivity contribution in [3.63, 3.8) is 0 Å². The molecule has 3 aromatic rings. The molecule has 2 unspecified atom stereocenters. The molecule has 9 heteroatoms. The molecule has 1 aromatic heterocycles. The van der Waals surface area contributed by atoms with Gasteiger partial charge in [-0.25, -0.2) is 5.10 Å². The highest BCUT2D eigenvalue weighted by Gasteiger charge is 2.31. The molecule has 32 heavy (non-hydrogen) atoms. The Labute approximate surface area is 183 Å². The minimum atomic E-state index is -4.49. The lowest BCUT2D eigenvalue weighted by atomic mass is 9.90. The number of nitrogens with two attached hydrogens (primary N) is 1. The topological polar surface area (TPSA) is 87.0 Å². The SMILES string of the molecule is CC(Nc1n[nH]c(=O)c2ccc(C3CCCN(C)C3)cc12)c1cc(N)cc(C(F)(F)F)c1. The number of rotatable bonds is 4. The largest absolute Gasteiger partial charge is 0.416 e. The fourth-order valence-electron chi connectivity index (χ4n) is 4.36. The number of hydrogen-bond acceptors (Lipinski definition) is 5. The van der Waals surface area contributed by atoms with Gasteiger partial charge in [-0.15, -0.1) is 0 Å². The van der Waals surface area contributed by atoms with Crippen molar-refractivity contribution >= 4 is 22.3 Å². The van der Waals surface area contributed by atoms with Gasteiger partial charge in [0.05, 0.1) is 17.0 Å². The highest BCUT2D eigenvalue weighted by molar-refractivity contribution is 5.91. The lowest BCUT2D eigenvalue weighted by Gasteiger charge is -2.30. The van der Waals surface area contributed by atoms with Crippen LogP contribution in [0.3, 0.4) is 0 Å². The Morgan fingerprint density at radius 3 is 2.72 bits per heavy atom.